The van der Waals surface area contributed by atoms with E-state index in [1.807, 2.05) is 0 Å². The Morgan fingerprint density at radius 2 is 1.81 bits per heavy atom. The normalized spacial score (nSPS) is 44.4. The van der Waals surface area contributed by atoms with Crippen molar-refractivity contribution >= 4 is 0 Å². The summed E-state index contributed by atoms with van der Waals surface area (Å²) in [7, 11) is 0. The second kappa shape index (κ2) is 8.51. The quantitative estimate of drug-likeness (QED) is 0.444. The van der Waals surface area contributed by atoms with Crippen LogP contribution < -0.4 is 0 Å². The highest BCUT2D eigenvalue weighted by Gasteiger charge is 2.58. The van der Waals surface area contributed by atoms with Crippen molar-refractivity contribution in [1.29, 1.82) is 0 Å². The number of aliphatic hydroxyl groups excluding tert-OH is 1. The summed E-state index contributed by atoms with van der Waals surface area (Å²) in [5.41, 5.74) is 3.75. The van der Waals surface area contributed by atoms with Crippen LogP contribution in [0.15, 0.2) is 36.0 Å². The van der Waals surface area contributed by atoms with Crippen LogP contribution in [0.3, 0.4) is 0 Å². The van der Waals surface area contributed by atoms with E-state index in [0.717, 1.165) is 36.5 Å². The Labute approximate surface area is 192 Å². The molecule has 4 aliphatic carbocycles. The van der Waals surface area contributed by atoms with E-state index >= 15 is 0 Å². The van der Waals surface area contributed by atoms with E-state index in [1.165, 1.54) is 44.1 Å². The van der Waals surface area contributed by atoms with Gasteiger partial charge in [-0.2, -0.15) is 0 Å². The fourth-order valence-corrected chi connectivity index (χ4v) is 8.93. The Kier molecular flexibility index (Phi) is 6.41. The van der Waals surface area contributed by atoms with E-state index < -0.39 is 0 Å². The predicted octanol–water partition coefficient (Wildman–Crippen LogP) is 7.97. The summed E-state index contributed by atoms with van der Waals surface area (Å²) < 4.78 is 0. The number of hydrogen-bond acceptors (Lipinski definition) is 1. The highest BCUT2D eigenvalue weighted by atomic mass is 16.3. The third kappa shape index (κ3) is 3.92. The highest BCUT2D eigenvalue weighted by molar-refractivity contribution is 5.25. The van der Waals surface area contributed by atoms with Crippen LogP contribution in [0.25, 0.3) is 0 Å². The molecule has 0 amide bonds. The average molecular weight is 425 g/mol. The van der Waals surface area contributed by atoms with Crippen molar-refractivity contribution in [2.45, 2.75) is 99.0 Å². The van der Waals surface area contributed by atoms with E-state index in [2.05, 4.69) is 66.3 Å². The van der Waals surface area contributed by atoms with Crippen LogP contribution >= 0.6 is 0 Å². The molecule has 4 rings (SSSR count). The average Bonchev–Trinajstić information content (AvgIpc) is 3.05. The molecule has 0 bridgehead atoms. The van der Waals surface area contributed by atoms with Gasteiger partial charge in [-0.15, -0.1) is 0 Å². The van der Waals surface area contributed by atoms with Gasteiger partial charge >= 0.3 is 0 Å². The molecule has 1 heteroatoms. The molecule has 0 aromatic carbocycles. The van der Waals surface area contributed by atoms with Crippen molar-refractivity contribution in [3.8, 4) is 0 Å². The standard InChI is InChI=1S/C30H48O/c1-19(2)24(20(3)4)10-8-21(5)26-12-13-27-25-11-9-22-18-23(31)14-16-29(22,6)28(25)15-17-30(26,27)7/h8-10,20-21,23-28,31H,1,11-18H2,2-7H3/b10-8+/t21-,23+,24+,25+,26+,27+,28+,29+,30-/m1/s1. The fraction of sp³-hybridized carbons (Fsp3) is 0.800. The zero-order valence-electron chi connectivity index (χ0n) is 21.2. The van der Waals surface area contributed by atoms with Crippen molar-refractivity contribution in [2.24, 2.45) is 52.3 Å². The lowest BCUT2D eigenvalue weighted by molar-refractivity contribution is -0.0540. The molecule has 31 heavy (non-hydrogen) atoms. The van der Waals surface area contributed by atoms with E-state index in [4.69, 9.17) is 0 Å². The van der Waals surface area contributed by atoms with Crippen molar-refractivity contribution in [2.75, 3.05) is 0 Å². The molecule has 3 fully saturated rings. The monoisotopic (exact) mass is 424 g/mol. The van der Waals surface area contributed by atoms with Gasteiger partial charge in [0.2, 0.25) is 0 Å². The zero-order chi connectivity index (χ0) is 22.6. The summed E-state index contributed by atoms with van der Waals surface area (Å²) >= 11 is 0. The molecular weight excluding hydrogens is 376 g/mol. The summed E-state index contributed by atoms with van der Waals surface area (Å²) in [6.07, 6.45) is 17.5. The van der Waals surface area contributed by atoms with Crippen LogP contribution in [0.1, 0.15) is 92.9 Å². The summed E-state index contributed by atoms with van der Waals surface area (Å²) in [5.74, 6) is 5.20. The van der Waals surface area contributed by atoms with Crippen LogP contribution in [0.4, 0.5) is 0 Å². The molecule has 3 saturated carbocycles. The molecule has 0 aromatic heterocycles. The Hall–Kier alpha value is -0.820. The second-order valence-electron chi connectivity index (χ2n) is 12.7. The summed E-state index contributed by atoms with van der Waals surface area (Å²) in [6, 6.07) is 0. The maximum atomic E-state index is 10.3. The van der Waals surface area contributed by atoms with Crippen LogP contribution in [0.5, 0.6) is 0 Å². The van der Waals surface area contributed by atoms with Crippen molar-refractivity contribution in [1.82, 2.24) is 0 Å². The van der Waals surface area contributed by atoms with Crippen molar-refractivity contribution < 1.29 is 5.11 Å². The van der Waals surface area contributed by atoms with E-state index in [9.17, 15) is 5.11 Å². The smallest absolute Gasteiger partial charge is 0.0577 e. The highest BCUT2D eigenvalue weighted by Crippen LogP contribution is 2.67. The maximum Gasteiger partial charge on any atom is 0.0577 e. The third-order valence-electron chi connectivity index (χ3n) is 10.7. The molecule has 0 radical (unpaired) electrons. The number of hydrogen-bond donors (Lipinski definition) is 1. The van der Waals surface area contributed by atoms with Gasteiger partial charge in [0.15, 0.2) is 0 Å². The molecule has 9 atom stereocenters. The van der Waals surface area contributed by atoms with Gasteiger partial charge in [-0.25, -0.2) is 0 Å². The number of allylic oxidation sites excluding steroid dienone is 4. The molecule has 0 heterocycles. The predicted molar refractivity (Wildman–Crippen MR) is 133 cm³/mol. The lowest BCUT2D eigenvalue weighted by Crippen LogP contribution is -2.50. The zero-order valence-corrected chi connectivity index (χ0v) is 21.2. The Bertz CT molecular complexity index is 744. The lowest BCUT2D eigenvalue weighted by atomic mass is 9.47. The first-order chi connectivity index (χ1) is 14.6. The van der Waals surface area contributed by atoms with Gasteiger partial charge < -0.3 is 5.11 Å². The molecule has 1 nitrogen and oxygen atoms in total. The lowest BCUT2D eigenvalue weighted by Gasteiger charge is -2.58. The van der Waals surface area contributed by atoms with Gasteiger partial charge in [0, 0.05) is 0 Å². The summed E-state index contributed by atoms with van der Waals surface area (Å²) in [4.78, 5) is 0. The van der Waals surface area contributed by atoms with E-state index in [1.54, 1.807) is 5.57 Å². The first kappa shape index (κ1) is 23.3. The minimum absolute atomic E-state index is 0.0953. The van der Waals surface area contributed by atoms with Crippen LogP contribution in [0.2, 0.25) is 0 Å². The SMILES string of the molecule is C=C(C)[C@H](/C=C/[C@@H](C)[C@@H]1CC[C@H]2[C@@H]3CC=C4C[C@@H](O)CC[C@]4(C)[C@H]3CC[C@@]21C)C(C)C. The van der Waals surface area contributed by atoms with Crippen molar-refractivity contribution in [3.63, 3.8) is 0 Å². The van der Waals surface area contributed by atoms with Crippen molar-refractivity contribution in [3.05, 3.63) is 36.0 Å². The molecule has 174 valence electrons. The molecule has 0 aromatic rings. The molecule has 1 N–H and O–H groups in total. The van der Waals surface area contributed by atoms with Gasteiger partial charge in [-0.05, 0) is 111 Å². The third-order valence-corrected chi connectivity index (χ3v) is 10.7. The van der Waals surface area contributed by atoms with Crippen LogP contribution in [0, 0.1) is 52.3 Å². The number of aliphatic hydroxyl groups is 1. The molecule has 4 aliphatic rings. The first-order valence-electron chi connectivity index (χ1n) is 13.3. The Morgan fingerprint density at radius 1 is 1.06 bits per heavy atom. The van der Waals surface area contributed by atoms with E-state index in [0.29, 0.717) is 28.6 Å². The molecule has 0 saturated heterocycles. The minimum Gasteiger partial charge on any atom is -0.393 e. The first-order valence-corrected chi connectivity index (χ1v) is 13.3. The second-order valence-corrected chi connectivity index (χ2v) is 12.7. The maximum absolute atomic E-state index is 10.3. The molecule has 0 aliphatic heterocycles. The number of fused-ring (bicyclic) bond motifs is 5. The Balaban J connectivity index is 1.52. The fourth-order valence-electron chi connectivity index (χ4n) is 8.93. The minimum atomic E-state index is -0.0953. The summed E-state index contributed by atoms with van der Waals surface area (Å²) in [6.45, 7) is 18.8. The van der Waals surface area contributed by atoms with Gasteiger partial charge in [-0.3, -0.25) is 0 Å². The topological polar surface area (TPSA) is 20.2 Å². The van der Waals surface area contributed by atoms with Gasteiger partial charge in [0.05, 0.1) is 6.10 Å². The van der Waals surface area contributed by atoms with Crippen LogP contribution in [-0.4, -0.2) is 11.2 Å². The van der Waals surface area contributed by atoms with Gasteiger partial charge in [0.25, 0.3) is 0 Å². The Morgan fingerprint density at radius 3 is 2.48 bits per heavy atom. The molecule has 0 spiro atoms. The molecular formula is C30H48O. The largest absolute Gasteiger partial charge is 0.393 e. The molecule has 0 unspecified atom stereocenters. The van der Waals surface area contributed by atoms with Crippen LogP contribution in [-0.2, 0) is 0 Å². The van der Waals surface area contributed by atoms with Gasteiger partial charge in [-0.1, -0.05) is 70.6 Å². The van der Waals surface area contributed by atoms with Gasteiger partial charge in [0.1, 0.15) is 0 Å². The number of rotatable bonds is 5. The van der Waals surface area contributed by atoms with E-state index in [-0.39, 0.29) is 6.10 Å². The summed E-state index contributed by atoms with van der Waals surface area (Å²) in [5, 5.41) is 10.3.